The van der Waals surface area contributed by atoms with Crippen molar-refractivity contribution in [3.63, 3.8) is 0 Å². The van der Waals surface area contributed by atoms with Gasteiger partial charge >= 0.3 is 29.6 Å². The molecular weight excluding hydrogens is 239 g/mol. The van der Waals surface area contributed by atoms with Crippen LogP contribution in [0, 0.1) is 0 Å². The Morgan fingerprint density at radius 1 is 1.00 bits per heavy atom. The van der Waals surface area contributed by atoms with E-state index in [2.05, 4.69) is 0 Å². The largest absolute Gasteiger partial charge is 1.00 e. The van der Waals surface area contributed by atoms with Crippen LogP contribution < -0.4 is 41.0 Å². The molecule has 0 aromatic carbocycles. The summed E-state index contributed by atoms with van der Waals surface area (Å²) >= 11 is 0. The molecule has 0 spiro atoms. The molecule has 0 radical (unpaired) electrons. The van der Waals surface area contributed by atoms with Gasteiger partial charge in [0.15, 0.2) is 0 Å². The fourth-order valence-corrected chi connectivity index (χ4v) is 1.39. The van der Waals surface area contributed by atoms with Gasteiger partial charge in [0.05, 0.1) is 10.1 Å². The third-order valence-corrected chi connectivity index (χ3v) is 2.52. The molecule has 0 bridgehead atoms. The molecule has 0 aliphatic rings. The second-order valence-corrected chi connectivity index (χ2v) is 4.78. The first kappa shape index (κ1) is 22.0. The minimum Gasteiger partial charge on any atom is -0.748 e. The topological polar surface area (TPSA) is 109 Å². The zero-order valence-corrected chi connectivity index (χ0v) is 13.3. The predicted octanol–water partition coefficient (Wildman–Crippen LogP) is -2.59. The summed E-state index contributed by atoms with van der Waals surface area (Å²) in [5.74, 6) is -0.243. The van der Waals surface area contributed by atoms with Gasteiger partial charge in [0.25, 0.3) is 0 Å². The number of unbranched alkanes of at least 4 members (excludes halogenated alkanes) is 3. The van der Waals surface area contributed by atoms with Crippen molar-refractivity contribution in [1.82, 2.24) is 0 Å². The predicted molar refractivity (Wildman–Crippen MR) is 61.4 cm³/mol. The molecule has 0 saturated heterocycles. The van der Waals surface area contributed by atoms with E-state index >= 15 is 0 Å². The van der Waals surface area contributed by atoms with E-state index in [-0.39, 0.29) is 35.3 Å². The Kier molecular flexibility index (Phi) is 21.8. The van der Waals surface area contributed by atoms with Gasteiger partial charge in [-0.2, -0.15) is 0 Å². The fraction of sp³-hybridized carbons (Fsp3) is 1.00. The Labute approximate surface area is 121 Å². The molecule has 0 heterocycles. The number of nitrogens with two attached hydrogens (primary N) is 2. The van der Waals surface area contributed by atoms with Crippen molar-refractivity contribution >= 4 is 10.1 Å². The van der Waals surface area contributed by atoms with Crippen molar-refractivity contribution in [3.8, 4) is 0 Å². The summed E-state index contributed by atoms with van der Waals surface area (Å²) < 4.78 is 29.0. The molecule has 4 N–H and O–H groups in total. The zero-order valence-electron chi connectivity index (χ0n) is 10.4. The molecule has 0 rings (SSSR count). The second-order valence-electron chi connectivity index (χ2n) is 3.25. The maximum Gasteiger partial charge on any atom is 1.00 e. The van der Waals surface area contributed by atoms with Gasteiger partial charge in [0.1, 0.15) is 0 Å². The Morgan fingerprint density at radius 2 is 1.38 bits per heavy atom. The molecule has 0 unspecified atom stereocenters. The molecule has 16 heavy (non-hydrogen) atoms. The molecule has 0 saturated carbocycles. The molecule has 0 aromatic rings. The third kappa shape index (κ3) is 29.4. The first-order chi connectivity index (χ1) is 6.97. The molecule has 0 fully saturated rings. The Balaban J connectivity index is -0.000000200. The van der Waals surface area contributed by atoms with Crippen LogP contribution in [0.5, 0.6) is 0 Å². The first-order valence-electron chi connectivity index (χ1n) is 5.31. The molecule has 0 aliphatic heterocycles. The van der Waals surface area contributed by atoms with E-state index in [0.717, 1.165) is 25.9 Å². The van der Waals surface area contributed by atoms with Gasteiger partial charge in [0, 0.05) is 5.75 Å². The van der Waals surface area contributed by atoms with E-state index in [4.69, 9.17) is 11.5 Å². The Morgan fingerprint density at radius 3 is 1.50 bits per heavy atom. The SMILES string of the molecule is CCCS(=O)(=O)[O-].NCCCCCCN.[Na+]. The molecule has 0 aliphatic carbocycles. The van der Waals surface area contributed by atoms with E-state index in [1.165, 1.54) is 12.8 Å². The molecule has 0 aromatic heterocycles. The first-order valence-corrected chi connectivity index (χ1v) is 6.89. The second kappa shape index (κ2) is 15.8. The van der Waals surface area contributed by atoms with E-state index < -0.39 is 10.1 Å². The summed E-state index contributed by atoms with van der Waals surface area (Å²) in [5, 5.41) is 0. The molecule has 0 atom stereocenters. The molecule has 94 valence electrons. The summed E-state index contributed by atoms with van der Waals surface area (Å²) in [6.07, 6.45) is 5.20. The zero-order chi connectivity index (χ0) is 12.2. The molecule has 7 heteroatoms. The quantitative estimate of drug-likeness (QED) is 0.297. The van der Waals surface area contributed by atoms with Gasteiger partial charge in [-0.25, -0.2) is 8.42 Å². The minimum atomic E-state index is -3.92. The van der Waals surface area contributed by atoms with Crippen LogP contribution in [0.1, 0.15) is 39.0 Å². The summed E-state index contributed by atoms with van der Waals surface area (Å²) in [7, 11) is -3.92. The van der Waals surface area contributed by atoms with Gasteiger partial charge in [0.2, 0.25) is 0 Å². The van der Waals surface area contributed by atoms with Crippen molar-refractivity contribution in [3.05, 3.63) is 0 Å². The fourth-order valence-electron chi connectivity index (χ4n) is 0.892. The van der Waals surface area contributed by atoms with Crippen LogP contribution in [0.15, 0.2) is 0 Å². The standard InChI is InChI=1S/C6H16N2.C3H8O3S.Na/c7-5-3-1-2-4-6-8;1-2-3-7(4,5)6;/h1-8H2;2-3H2,1H3,(H,4,5,6);/q;;+1/p-1. The van der Waals surface area contributed by atoms with Crippen LogP contribution >= 0.6 is 0 Å². The van der Waals surface area contributed by atoms with E-state index in [1.54, 1.807) is 6.92 Å². The van der Waals surface area contributed by atoms with Gasteiger partial charge < -0.3 is 16.0 Å². The van der Waals surface area contributed by atoms with E-state index in [9.17, 15) is 13.0 Å². The number of hydrogen-bond donors (Lipinski definition) is 2. The number of rotatable bonds is 7. The minimum absolute atomic E-state index is 0. The van der Waals surface area contributed by atoms with Crippen molar-refractivity contribution in [1.29, 1.82) is 0 Å². The molecular formula is C9H23N2NaO3S. The maximum absolute atomic E-state index is 9.68. The van der Waals surface area contributed by atoms with Crippen molar-refractivity contribution in [2.45, 2.75) is 39.0 Å². The van der Waals surface area contributed by atoms with Crippen molar-refractivity contribution in [2.75, 3.05) is 18.8 Å². The van der Waals surface area contributed by atoms with Gasteiger partial charge in [-0.3, -0.25) is 0 Å². The normalized spacial score (nSPS) is 10.0. The summed E-state index contributed by atoms with van der Waals surface area (Å²) in [4.78, 5) is 0. The van der Waals surface area contributed by atoms with Gasteiger partial charge in [-0.05, 0) is 32.4 Å². The van der Waals surface area contributed by atoms with Gasteiger partial charge in [-0.15, -0.1) is 0 Å². The van der Waals surface area contributed by atoms with Crippen LogP contribution in [0.25, 0.3) is 0 Å². The number of hydrogen-bond acceptors (Lipinski definition) is 5. The Bertz CT molecular complexity index is 205. The van der Waals surface area contributed by atoms with Crippen molar-refractivity contribution < 1.29 is 42.5 Å². The van der Waals surface area contributed by atoms with Crippen LogP contribution in [-0.4, -0.2) is 31.8 Å². The average Bonchev–Trinajstić information content (AvgIpc) is 2.12. The Hall–Kier alpha value is 0.830. The summed E-state index contributed by atoms with van der Waals surface area (Å²) in [5.41, 5.74) is 10.6. The van der Waals surface area contributed by atoms with Crippen LogP contribution in [0.4, 0.5) is 0 Å². The third-order valence-electron chi connectivity index (χ3n) is 1.61. The average molecular weight is 262 g/mol. The summed E-state index contributed by atoms with van der Waals surface area (Å²) in [6, 6.07) is 0. The van der Waals surface area contributed by atoms with E-state index in [0.29, 0.717) is 6.42 Å². The molecule has 0 amide bonds. The van der Waals surface area contributed by atoms with Crippen LogP contribution in [0.2, 0.25) is 0 Å². The maximum atomic E-state index is 9.68. The van der Waals surface area contributed by atoms with E-state index in [1.807, 2.05) is 0 Å². The monoisotopic (exact) mass is 262 g/mol. The van der Waals surface area contributed by atoms with Crippen LogP contribution in [-0.2, 0) is 10.1 Å². The molecule has 5 nitrogen and oxygen atoms in total. The van der Waals surface area contributed by atoms with Gasteiger partial charge in [-0.1, -0.05) is 19.8 Å². The van der Waals surface area contributed by atoms with Crippen molar-refractivity contribution in [2.24, 2.45) is 11.5 Å². The van der Waals surface area contributed by atoms with Crippen LogP contribution in [0.3, 0.4) is 0 Å². The smallest absolute Gasteiger partial charge is 0.748 e. The summed E-state index contributed by atoms with van der Waals surface area (Å²) in [6.45, 7) is 3.30.